The van der Waals surface area contributed by atoms with E-state index in [-0.39, 0.29) is 13.0 Å². The molecule has 5 nitrogen and oxygen atoms in total. The van der Waals surface area contributed by atoms with Crippen molar-refractivity contribution in [3.05, 3.63) is 120 Å². The van der Waals surface area contributed by atoms with Gasteiger partial charge in [-0.25, -0.2) is 0 Å². The van der Waals surface area contributed by atoms with Gasteiger partial charge in [-0.3, -0.25) is 9.59 Å². The summed E-state index contributed by atoms with van der Waals surface area (Å²) < 4.78 is 49.0. The first-order valence-corrected chi connectivity index (χ1v) is 12.1. The fraction of sp³-hybridized carbons (Fsp3) is 0.161. The molecule has 4 aromatic carbocycles. The Labute approximate surface area is 224 Å². The van der Waals surface area contributed by atoms with Crippen LogP contribution in [0.25, 0.3) is 22.3 Å². The summed E-state index contributed by atoms with van der Waals surface area (Å²) in [6, 6.07) is 28.9. The third kappa shape index (κ3) is 7.55. The minimum atomic E-state index is -4.41. The molecule has 1 amide bonds. The second kappa shape index (κ2) is 12.4. The van der Waals surface area contributed by atoms with Gasteiger partial charge in [0.2, 0.25) is 0 Å². The Hall–Kier alpha value is -4.43. The van der Waals surface area contributed by atoms with Gasteiger partial charge in [0.25, 0.3) is 5.91 Å². The number of methoxy groups -OCH3 is 1. The number of rotatable bonds is 9. The third-order valence-corrected chi connectivity index (χ3v) is 6.08. The van der Waals surface area contributed by atoms with Gasteiger partial charge in [0.15, 0.2) is 0 Å². The molecule has 0 saturated heterocycles. The van der Waals surface area contributed by atoms with Crippen LogP contribution < -0.4 is 5.32 Å². The molecule has 1 N–H and O–H groups in total. The number of esters is 1. The lowest BCUT2D eigenvalue weighted by atomic mass is 10.0. The molecule has 39 heavy (non-hydrogen) atoms. The maximum atomic E-state index is 12.9. The number of benzene rings is 4. The summed E-state index contributed by atoms with van der Waals surface area (Å²) in [5.41, 5.74) is 3.81. The summed E-state index contributed by atoms with van der Waals surface area (Å²) in [6.07, 6.45) is -5.53. The van der Waals surface area contributed by atoms with Crippen molar-refractivity contribution < 1.29 is 32.2 Å². The molecule has 0 aliphatic carbocycles. The molecule has 1 atom stereocenters. The topological polar surface area (TPSA) is 64.6 Å². The Morgan fingerprint density at radius 2 is 1.26 bits per heavy atom. The number of nitrogens with one attached hydrogen (secondary N) is 1. The molecule has 0 aromatic heterocycles. The van der Waals surface area contributed by atoms with E-state index in [1.54, 1.807) is 24.3 Å². The van der Waals surface area contributed by atoms with Crippen LogP contribution in [0, 0.1) is 0 Å². The highest BCUT2D eigenvalue weighted by Crippen LogP contribution is 2.31. The molecule has 4 aromatic rings. The number of carbonyl (C=O) groups is 2. The zero-order chi connectivity index (χ0) is 27.8. The van der Waals surface area contributed by atoms with Crippen molar-refractivity contribution >= 4 is 11.9 Å². The standard InChI is InChI=1S/C31H26F3NO4/c1-38-29(36)19-28(39-20-21-7-9-23(10-8-21)22-5-3-2-4-6-22)35-30(37)26-13-11-24(12-14-26)25-15-17-27(18-16-25)31(32,33)34/h2-18,28H,19-20H2,1H3,(H,35,37). The number of hydrogen-bond acceptors (Lipinski definition) is 4. The summed E-state index contributed by atoms with van der Waals surface area (Å²) in [5, 5.41) is 2.70. The van der Waals surface area contributed by atoms with E-state index in [1.165, 1.54) is 19.2 Å². The first kappa shape index (κ1) is 27.6. The first-order valence-electron chi connectivity index (χ1n) is 12.1. The molecular formula is C31H26F3NO4. The van der Waals surface area contributed by atoms with E-state index in [4.69, 9.17) is 9.47 Å². The van der Waals surface area contributed by atoms with E-state index in [0.29, 0.717) is 16.7 Å². The van der Waals surface area contributed by atoms with Crippen LogP contribution in [0.5, 0.6) is 0 Å². The third-order valence-electron chi connectivity index (χ3n) is 6.08. The van der Waals surface area contributed by atoms with Crippen molar-refractivity contribution in [2.24, 2.45) is 0 Å². The second-order valence-corrected chi connectivity index (χ2v) is 8.77. The van der Waals surface area contributed by atoms with Crippen LogP contribution in [-0.2, 0) is 27.1 Å². The second-order valence-electron chi connectivity index (χ2n) is 8.77. The number of alkyl halides is 3. The van der Waals surface area contributed by atoms with E-state index in [2.05, 4.69) is 5.32 Å². The van der Waals surface area contributed by atoms with Crippen molar-refractivity contribution in [1.82, 2.24) is 5.32 Å². The molecule has 4 rings (SSSR count). The molecule has 1 unspecified atom stereocenters. The van der Waals surface area contributed by atoms with Crippen molar-refractivity contribution in [2.45, 2.75) is 25.4 Å². The highest BCUT2D eigenvalue weighted by molar-refractivity contribution is 5.95. The predicted octanol–water partition coefficient (Wildman–Crippen LogP) is 6.88. The quantitative estimate of drug-likeness (QED) is 0.188. The lowest BCUT2D eigenvalue weighted by Gasteiger charge is -2.19. The van der Waals surface area contributed by atoms with Gasteiger partial charge in [-0.2, -0.15) is 13.2 Å². The van der Waals surface area contributed by atoms with Gasteiger partial charge >= 0.3 is 12.1 Å². The molecule has 0 fully saturated rings. The van der Waals surface area contributed by atoms with Crippen LogP contribution in [0.2, 0.25) is 0 Å². The zero-order valence-electron chi connectivity index (χ0n) is 21.1. The summed E-state index contributed by atoms with van der Waals surface area (Å²) in [7, 11) is 1.25. The zero-order valence-corrected chi connectivity index (χ0v) is 21.1. The molecule has 8 heteroatoms. The Morgan fingerprint density at radius 1 is 0.744 bits per heavy atom. The Kier molecular flexibility index (Phi) is 8.78. The molecule has 200 valence electrons. The number of ether oxygens (including phenoxy) is 2. The normalized spacial score (nSPS) is 12.0. The van der Waals surface area contributed by atoms with Gasteiger partial charge in [0, 0.05) is 5.56 Å². The maximum Gasteiger partial charge on any atom is 0.416 e. The number of carbonyl (C=O) groups excluding carboxylic acids is 2. The number of amides is 1. The Balaban J connectivity index is 1.39. The van der Waals surface area contributed by atoms with Gasteiger partial charge in [-0.05, 0) is 52.1 Å². The number of hydrogen-bond donors (Lipinski definition) is 1. The van der Waals surface area contributed by atoms with Gasteiger partial charge in [-0.1, -0.05) is 78.9 Å². The highest BCUT2D eigenvalue weighted by Gasteiger charge is 2.30. The molecule has 0 saturated carbocycles. The van der Waals surface area contributed by atoms with E-state index < -0.39 is 29.8 Å². The molecule has 0 radical (unpaired) electrons. The fourth-order valence-corrected chi connectivity index (χ4v) is 3.90. The average molecular weight is 534 g/mol. The SMILES string of the molecule is COC(=O)CC(NC(=O)c1ccc(-c2ccc(C(F)(F)F)cc2)cc1)OCc1ccc(-c2ccccc2)cc1. The number of halogens is 3. The predicted molar refractivity (Wildman–Crippen MR) is 141 cm³/mol. The maximum absolute atomic E-state index is 12.9. The lowest BCUT2D eigenvalue weighted by Crippen LogP contribution is -2.38. The monoisotopic (exact) mass is 533 g/mol. The summed E-state index contributed by atoms with van der Waals surface area (Å²) >= 11 is 0. The minimum Gasteiger partial charge on any atom is -0.469 e. The van der Waals surface area contributed by atoms with Crippen LogP contribution in [0.4, 0.5) is 13.2 Å². The fourth-order valence-electron chi connectivity index (χ4n) is 3.90. The molecular weight excluding hydrogens is 507 g/mol. The largest absolute Gasteiger partial charge is 0.469 e. The van der Waals surface area contributed by atoms with Crippen molar-refractivity contribution in [2.75, 3.05) is 7.11 Å². The lowest BCUT2D eigenvalue weighted by molar-refractivity contribution is -0.144. The van der Waals surface area contributed by atoms with Crippen molar-refractivity contribution in [3.8, 4) is 22.3 Å². The highest BCUT2D eigenvalue weighted by atomic mass is 19.4. The summed E-state index contributed by atoms with van der Waals surface area (Å²) in [6.45, 7) is 0.157. The van der Waals surface area contributed by atoms with Crippen LogP contribution in [-0.4, -0.2) is 25.2 Å². The molecule has 0 bridgehead atoms. The van der Waals surface area contributed by atoms with Crippen molar-refractivity contribution in [1.29, 1.82) is 0 Å². The van der Waals surface area contributed by atoms with Gasteiger partial charge < -0.3 is 14.8 Å². The van der Waals surface area contributed by atoms with Gasteiger partial charge in [0.05, 0.1) is 25.7 Å². The van der Waals surface area contributed by atoms with Crippen LogP contribution in [0.1, 0.15) is 27.9 Å². The summed E-state index contributed by atoms with van der Waals surface area (Å²) in [4.78, 5) is 24.8. The molecule has 0 spiro atoms. The van der Waals surface area contributed by atoms with E-state index in [1.807, 2.05) is 54.6 Å². The van der Waals surface area contributed by atoms with E-state index in [9.17, 15) is 22.8 Å². The molecule has 0 aliphatic heterocycles. The average Bonchev–Trinajstić information content (AvgIpc) is 2.96. The van der Waals surface area contributed by atoms with Crippen LogP contribution >= 0.6 is 0 Å². The smallest absolute Gasteiger partial charge is 0.416 e. The first-order chi connectivity index (χ1) is 18.7. The van der Waals surface area contributed by atoms with Crippen LogP contribution in [0.15, 0.2) is 103 Å². The summed E-state index contributed by atoms with van der Waals surface area (Å²) in [5.74, 6) is -1.01. The van der Waals surface area contributed by atoms with Gasteiger partial charge in [0.1, 0.15) is 6.23 Å². The molecule has 0 aliphatic rings. The van der Waals surface area contributed by atoms with Crippen LogP contribution in [0.3, 0.4) is 0 Å². The Bertz CT molecular complexity index is 1390. The van der Waals surface area contributed by atoms with Gasteiger partial charge in [-0.15, -0.1) is 0 Å². The van der Waals surface area contributed by atoms with Crippen molar-refractivity contribution in [3.63, 3.8) is 0 Å². The van der Waals surface area contributed by atoms with E-state index in [0.717, 1.165) is 28.8 Å². The van der Waals surface area contributed by atoms with E-state index >= 15 is 0 Å². The minimum absolute atomic E-state index is 0.157. The molecule has 0 heterocycles. The Morgan fingerprint density at radius 3 is 1.79 bits per heavy atom.